The number of fused-ring (bicyclic) bond motifs is 4. The van der Waals surface area contributed by atoms with Gasteiger partial charge in [-0.2, -0.15) is 0 Å². The summed E-state index contributed by atoms with van der Waals surface area (Å²) in [6.45, 7) is 4.62. The van der Waals surface area contributed by atoms with Gasteiger partial charge >= 0.3 is 0 Å². The maximum absolute atomic E-state index is 5.93. The first-order valence-electron chi connectivity index (χ1n) is 7.00. The molecule has 2 fully saturated rings. The second-order valence-corrected chi connectivity index (χ2v) is 5.77. The highest BCUT2D eigenvalue weighted by molar-refractivity contribution is 5.30. The Labute approximate surface area is 108 Å². The van der Waals surface area contributed by atoms with Crippen LogP contribution in [0.15, 0.2) is 41.7 Å². The van der Waals surface area contributed by atoms with E-state index in [4.69, 9.17) is 4.74 Å². The Morgan fingerprint density at radius 3 is 2.89 bits per heavy atom. The number of ether oxygens (including phenoxy) is 1. The van der Waals surface area contributed by atoms with E-state index in [-0.39, 0.29) is 0 Å². The summed E-state index contributed by atoms with van der Waals surface area (Å²) in [6.07, 6.45) is 2.93. The SMILES string of the molecule is C[C@H](c1ccccc1)N1CC2=C3CCC(O3)C2C1. The Hall–Kier alpha value is -1.28. The minimum absolute atomic E-state index is 0.503. The van der Waals surface area contributed by atoms with Crippen LogP contribution in [0.5, 0.6) is 0 Å². The molecule has 0 spiro atoms. The molecular weight excluding hydrogens is 222 g/mol. The van der Waals surface area contributed by atoms with E-state index in [9.17, 15) is 0 Å². The first kappa shape index (κ1) is 10.6. The van der Waals surface area contributed by atoms with Crippen molar-refractivity contribution in [3.05, 3.63) is 47.2 Å². The predicted octanol–water partition coefficient (Wildman–Crippen LogP) is 3.13. The lowest BCUT2D eigenvalue weighted by Gasteiger charge is -2.25. The van der Waals surface area contributed by atoms with Gasteiger partial charge in [-0.25, -0.2) is 0 Å². The Bertz CT molecular complexity index is 493. The number of benzene rings is 1. The molecule has 0 N–H and O–H groups in total. The zero-order chi connectivity index (χ0) is 12.1. The van der Waals surface area contributed by atoms with Crippen molar-refractivity contribution in [2.45, 2.75) is 31.9 Å². The van der Waals surface area contributed by atoms with E-state index in [0.717, 1.165) is 6.54 Å². The Morgan fingerprint density at radius 1 is 1.28 bits per heavy atom. The molecule has 3 heterocycles. The molecule has 1 aromatic carbocycles. The van der Waals surface area contributed by atoms with E-state index in [0.29, 0.717) is 18.1 Å². The quantitative estimate of drug-likeness (QED) is 0.788. The van der Waals surface area contributed by atoms with Crippen LogP contribution in [0.25, 0.3) is 0 Å². The van der Waals surface area contributed by atoms with Gasteiger partial charge in [0.1, 0.15) is 6.10 Å². The third-order valence-electron chi connectivity index (χ3n) is 4.84. The third-order valence-corrected chi connectivity index (χ3v) is 4.84. The molecule has 0 amide bonds. The summed E-state index contributed by atoms with van der Waals surface area (Å²) in [5, 5.41) is 0. The Balaban J connectivity index is 1.57. The average Bonchev–Trinajstić information content (AvgIpc) is 3.10. The maximum atomic E-state index is 5.93. The van der Waals surface area contributed by atoms with E-state index < -0.39 is 0 Å². The van der Waals surface area contributed by atoms with Gasteiger partial charge in [0.25, 0.3) is 0 Å². The van der Waals surface area contributed by atoms with Gasteiger partial charge in [0.2, 0.25) is 0 Å². The highest BCUT2D eigenvalue weighted by Gasteiger charge is 2.46. The Morgan fingerprint density at radius 2 is 2.11 bits per heavy atom. The second-order valence-electron chi connectivity index (χ2n) is 5.77. The molecule has 0 saturated carbocycles. The van der Waals surface area contributed by atoms with Crippen molar-refractivity contribution in [3.8, 4) is 0 Å². The van der Waals surface area contributed by atoms with Gasteiger partial charge < -0.3 is 4.74 Å². The van der Waals surface area contributed by atoms with Gasteiger partial charge in [-0.15, -0.1) is 0 Å². The average molecular weight is 241 g/mol. The van der Waals surface area contributed by atoms with Crippen LogP contribution >= 0.6 is 0 Å². The lowest BCUT2D eigenvalue weighted by Crippen LogP contribution is -2.27. The molecule has 3 aliphatic rings. The summed E-state index contributed by atoms with van der Waals surface area (Å²) in [7, 11) is 0. The van der Waals surface area contributed by atoms with Crippen molar-refractivity contribution in [3.63, 3.8) is 0 Å². The summed E-state index contributed by atoms with van der Waals surface area (Å²) >= 11 is 0. The van der Waals surface area contributed by atoms with Gasteiger partial charge in [0, 0.05) is 31.5 Å². The van der Waals surface area contributed by atoms with Crippen LogP contribution in [-0.2, 0) is 4.74 Å². The third kappa shape index (κ3) is 1.45. The largest absolute Gasteiger partial charge is 0.494 e. The van der Waals surface area contributed by atoms with E-state index in [1.165, 1.54) is 30.7 Å². The fourth-order valence-corrected chi connectivity index (χ4v) is 3.73. The molecule has 3 aliphatic heterocycles. The summed E-state index contributed by atoms with van der Waals surface area (Å²) in [5.41, 5.74) is 3.03. The topological polar surface area (TPSA) is 12.5 Å². The van der Waals surface area contributed by atoms with Crippen LogP contribution in [0.3, 0.4) is 0 Å². The molecular formula is C16H19NO. The lowest BCUT2D eigenvalue weighted by molar-refractivity contribution is 0.131. The molecule has 94 valence electrons. The van der Waals surface area contributed by atoms with Crippen LogP contribution in [0.4, 0.5) is 0 Å². The number of allylic oxidation sites excluding steroid dienone is 1. The summed E-state index contributed by atoms with van der Waals surface area (Å²) < 4.78 is 5.93. The first-order valence-corrected chi connectivity index (χ1v) is 7.00. The van der Waals surface area contributed by atoms with Crippen molar-refractivity contribution in [1.82, 2.24) is 4.90 Å². The van der Waals surface area contributed by atoms with Crippen molar-refractivity contribution in [2.75, 3.05) is 13.1 Å². The Kier molecular flexibility index (Phi) is 2.28. The van der Waals surface area contributed by atoms with Gasteiger partial charge in [0.05, 0.1) is 5.76 Å². The molecule has 1 aromatic rings. The summed E-state index contributed by atoms with van der Waals surface area (Å²) in [6, 6.07) is 11.4. The maximum Gasteiger partial charge on any atom is 0.107 e. The van der Waals surface area contributed by atoms with E-state index in [2.05, 4.69) is 42.2 Å². The predicted molar refractivity (Wildman–Crippen MR) is 71.1 cm³/mol. The van der Waals surface area contributed by atoms with Crippen LogP contribution < -0.4 is 0 Å². The molecule has 4 rings (SSSR count). The second kappa shape index (κ2) is 3.86. The molecule has 18 heavy (non-hydrogen) atoms. The number of hydrogen-bond acceptors (Lipinski definition) is 2. The fourth-order valence-electron chi connectivity index (χ4n) is 3.73. The molecule has 2 unspecified atom stereocenters. The van der Waals surface area contributed by atoms with Crippen LogP contribution in [0.2, 0.25) is 0 Å². The number of likely N-dealkylation sites (tertiary alicyclic amines) is 1. The zero-order valence-corrected chi connectivity index (χ0v) is 10.8. The van der Waals surface area contributed by atoms with Crippen LogP contribution in [0.1, 0.15) is 31.4 Å². The van der Waals surface area contributed by atoms with Crippen molar-refractivity contribution in [1.29, 1.82) is 0 Å². The van der Waals surface area contributed by atoms with E-state index >= 15 is 0 Å². The van der Waals surface area contributed by atoms with Gasteiger partial charge in [0.15, 0.2) is 0 Å². The van der Waals surface area contributed by atoms with Crippen LogP contribution in [0, 0.1) is 5.92 Å². The minimum Gasteiger partial charge on any atom is -0.494 e. The van der Waals surface area contributed by atoms with Gasteiger partial charge in [-0.1, -0.05) is 30.3 Å². The molecule has 0 radical (unpaired) electrons. The molecule has 2 bridgehead atoms. The highest BCUT2D eigenvalue weighted by atomic mass is 16.5. The zero-order valence-electron chi connectivity index (χ0n) is 10.8. The standard InChI is InChI=1S/C16H19NO/c1-11(12-5-3-2-4-6-12)17-9-13-14(10-17)16-8-7-15(13)18-16/h2-6,11,13,15H,7-10H2,1H3/t11-,13?,15?/m1/s1. The fraction of sp³-hybridized carbons (Fsp3) is 0.500. The van der Waals surface area contributed by atoms with Gasteiger partial charge in [-0.3, -0.25) is 4.90 Å². The summed E-state index contributed by atoms with van der Waals surface area (Å²) in [4.78, 5) is 2.61. The number of nitrogens with zero attached hydrogens (tertiary/aromatic N) is 1. The minimum atomic E-state index is 0.503. The molecule has 3 atom stereocenters. The smallest absolute Gasteiger partial charge is 0.107 e. The normalized spacial score (nSPS) is 31.6. The molecule has 0 aliphatic carbocycles. The summed E-state index contributed by atoms with van der Waals surface area (Å²) in [5.74, 6) is 2.02. The van der Waals surface area contributed by atoms with E-state index in [1.54, 1.807) is 5.57 Å². The van der Waals surface area contributed by atoms with Crippen molar-refractivity contribution in [2.24, 2.45) is 5.92 Å². The first-order chi connectivity index (χ1) is 8.83. The van der Waals surface area contributed by atoms with Crippen molar-refractivity contribution < 1.29 is 4.74 Å². The number of hydrogen-bond donors (Lipinski definition) is 0. The molecule has 2 saturated heterocycles. The lowest BCUT2D eigenvalue weighted by atomic mass is 9.90. The van der Waals surface area contributed by atoms with E-state index in [1.807, 2.05) is 0 Å². The van der Waals surface area contributed by atoms with Gasteiger partial charge in [-0.05, 0) is 24.5 Å². The monoisotopic (exact) mass is 241 g/mol. The van der Waals surface area contributed by atoms with Crippen LogP contribution in [-0.4, -0.2) is 24.1 Å². The molecule has 2 heteroatoms. The molecule has 0 aromatic heterocycles. The number of rotatable bonds is 2. The van der Waals surface area contributed by atoms with Crippen molar-refractivity contribution >= 4 is 0 Å². The molecule has 2 nitrogen and oxygen atoms in total. The highest BCUT2D eigenvalue weighted by Crippen LogP contribution is 2.47.